The molecule has 0 spiro atoms. The van der Waals surface area contributed by atoms with E-state index in [4.69, 9.17) is 14.2 Å². The molecule has 168 valence electrons. The van der Waals surface area contributed by atoms with Crippen LogP contribution in [0.4, 0.5) is 0 Å². The van der Waals surface area contributed by atoms with Gasteiger partial charge in [0.1, 0.15) is 48.7 Å². The number of aliphatic hydroxyl groups is 6. The van der Waals surface area contributed by atoms with Crippen LogP contribution in [0.5, 0.6) is 0 Å². The quantitative estimate of drug-likeness (QED) is 0.202. The van der Waals surface area contributed by atoms with Gasteiger partial charge in [-0.1, -0.05) is 0 Å². The average Bonchev–Trinajstić information content (AvgIpc) is 2.65. The topological polar surface area (TPSA) is 207 Å². The molecular formula is C16H28N2O11. The van der Waals surface area contributed by atoms with Crippen LogP contribution in [-0.2, 0) is 23.8 Å². The zero-order valence-electron chi connectivity index (χ0n) is 15.9. The third kappa shape index (κ3) is 5.39. The van der Waals surface area contributed by atoms with Crippen molar-refractivity contribution in [1.82, 2.24) is 10.6 Å². The molecule has 0 aliphatic carbocycles. The van der Waals surface area contributed by atoms with E-state index in [1.807, 2.05) is 0 Å². The van der Waals surface area contributed by atoms with Crippen LogP contribution in [0.25, 0.3) is 0 Å². The van der Waals surface area contributed by atoms with Crippen molar-refractivity contribution in [1.29, 1.82) is 0 Å². The van der Waals surface area contributed by atoms with Gasteiger partial charge in [0.25, 0.3) is 0 Å². The molecule has 0 aromatic rings. The minimum Gasteiger partial charge on any atom is -0.394 e. The van der Waals surface area contributed by atoms with Gasteiger partial charge in [-0.25, -0.2) is 0 Å². The van der Waals surface area contributed by atoms with Crippen LogP contribution in [-0.4, -0.2) is 117 Å². The van der Waals surface area contributed by atoms with E-state index in [9.17, 15) is 40.2 Å². The summed E-state index contributed by atoms with van der Waals surface area (Å²) in [7, 11) is 0. The van der Waals surface area contributed by atoms with E-state index in [0.29, 0.717) is 0 Å². The highest BCUT2D eigenvalue weighted by molar-refractivity contribution is 5.73. The standard InChI is InChI=1S/C16H28N2O11/c1-5(21)17-9-13(25)11(23)7(3-19)28-16(9)29-14-10(18-6(2)22)15(26)27-8(4-20)12(14)24/h7-16,19-20,23-26H,3-4H2,1-2H3,(H,17,21)(H,18,22)/t7-,8-,9-,10-,11-,12-,13+,14-,15+,16+/m1/s1. The molecule has 2 rings (SSSR count). The Kier molecular flexibility index (Phi) is 8.28. The van der Waals surface area contributed by atoms with Crippen LogP contribution in [0, 0.1) is 0 Å². The van der Waals surface area contributed by atoms with Gasteiger partial charge in [-0.05, 0) is 0 Å². The van der Waals surface area contributed by atoms with Crippen molar-refractivity contribution in [2.45, 2.75) is 75.1 Å². The van der Waals surface area contributed by atoms with Gasteiger partial charge in [-0.15, -0.1) is 0 Å². The van der Waals surface area contributed by atoms with Crippen LogP contribution in [0.2, 0.25) is 0 Å². The highest BCUT2D eigenvalue weighted by atomic mass is 16.7. The fourth-order valence-corrected chi connectivity index (χ4v) is 3.38. The van der Waals surface area contributed by atoms with Crippen LogP contribution < -0.4 is 10.6 Å². The first-order valence-corrected chi connectivity index (χ1v) is 9.05. The lowest BCUT2D eigenvalue weighted by Crippen LogP contribution is -2.69. The van der Waals surface area contributed by atoms with E-state index < -0.39 is 86.3 Å². The van der Waals surface area contributed by atoms with E-state index in [1.54, 1.807) is 0 Å². The molecule has 0 aromatic carbocycles. The molecule has 29 heavy (non-hydrogen) atoms. The Morgan fingerprint density at radius 1 is 0.828 bits per heavy atom. The number of hydrogen-bond donors (Lipinski definition) is 8. The normalized spacial score (nSPS) is 42.9. The molecular weight excluding hydrogens is 396 g/mol. The zero-order chi connectivity index (χ0) is 21.9. The number of amides is 2. The molecule has 2 heterocycles. The Morgan fingerprint density at radius 3 is 1.86 bits per heavy atom. The largest absolute Gasteiger partial charge is 0.394 e. The molecule has 0 bridgehead atoms. The number of carbonyl (C=O) groups is 2. The maximum atomic E-state index is 11.5. The van der Waals surface area contributed by atoms with E-state index in [-0.39, 0.29) is 0 Å². The highest BCUT2D eigenvalue weighted by Crippen LogP contribution is 2.28. The smallest absolute Gasteiger partial charge is 0.217 e. The van der Waals surface area contributed by atoms with Crippen LogP contribution in [0.3, 0.4) is 0 Å². The highest BCUT2D eigenvalue weighted by Gasteiger charge is 2.51. The molecule has 2 aliphatic heterocycles. The van der Waals surface area contributed by atoms with Gasteiger partial charge in [-0.2, -0.15) is 0 Å². The molecule has 10 atom stereocenters. The number of ether oxygens (including phenoxy) is 3. The lowest BCUT2D eigenvalue weighted by atomic mass is 9.94. The van der Waals surface area contributed by atoms with Crippen molar-refractivity contribution >= 4 is 11.8 Å². The van der Waals surface area contributed by atoms with Gasteiger partial charge in [0.2, 0.25) is 11.8 Å². The summed E-state index contributed by atoms with van der Waals surface area (Å²) in [6.45, 7) is 0.959. The maximum absolute atomic E-state index is 11.5. The van der Waals surface area contributed by atoms with Crippen molar-refractivity contribution in [3.63, 3.8) is 0 Å². The second-order valence-corrected chi connectivity index (χ2v) is 7.00. The Labute approximate surface area is 166 Å². The fraction of sp³-hybridized carbons (Fsp3) is 0.875. The van der Waals surface area contributed by atoms with Crippen molar-refractivity contribution < 1.29 is 54.4 Å². The first-order chi connectivity index (χ1) is 13.6. The number of carbonyl (C=O) groups excluding carboxylic acids is 2. The molecule has 2 saturated heterocycles. The van der Waals surface area contributed by atoms with E-state index in [2.05, 4.69) is 10.6 Å². The summed E-state index contributed by atoms with van der Waals surface area (Å²) in [4.78, 5) is 23.0. The summed E-state index contributed by atoms with van der Waals surface area (Å²) in [5.74, 6) is -1.16. The van der Waals surface area contributed by atoms with Gasteiger partial charge in [0, 0.05) is 13.8 Å². The van der Waals surface area contributed by atoms with Crippen molar-refractivity contribution in [2.75, 3.05) is 13.2 Å². The lowest BCUT2D eigenvalue weighted by Gasteiger charge is -2.47. The molecule has 0 aromatic heterocycles. The van der Waals surface area contributed by atoms with Gasteiger partial charge in [0.15, 0.2) is 12.6 Å². The molecule has 2 fully saturated rings. The fourth-order valence-electron chi connectivity index (χ4n) is 3.38. The molecule has 2 amide bonds. The number of nitrogens with one attached hydrogen (secondary N) is 2. The molecule has 2 aliphatic rings. The van der Waals surface area contributed by atoms with E-state index >= 15 is 0 Å². The zero-order valence-corrected chi connectivity index (χ0v) is 15.9. The second kappa shape index (κ2) is 10.1. The predicted octanol–water partition coefficient (Wildman–Crippen LogP) is -5.11. The van der Waals surface area contributed by atoms with Gasteiger partial charge >= 0.3 is 0 Å². The van der Waals surface area contributed by atoms with Gasteiger partial charge < -0.3 is 55.5 Å². The molecule has 13 nitrogen and oxygen atoms in total. The number of aliphatic hydroxyl groups excluding tert-OH is 6. The first-order valence-electron chi connectivity index (χ1n) is 9.05. The van der Waals surface area contributed by atoms with Crippen molar-refractivity contribution in [3.8, 4) is 0 Å². The van der Waals surface area contributed by atoms with E-state index in [1.165, 1.54) is 0 Å². The molecule has 0 saturated carbocycles. The molecule has 13 heteroatoms. The number of hydrogen-bond acceptors (Lipinski definition) is 11. The summed E-state index contributed by atoms with van der Waals surface area (Å²) >= 11 is 0. The number of rotatable bonds is 6. The summed E-state index contributed by atoms with van der Waals surface area (Å²) in [6, 6.07) is -2.59. The molecule has 8 N–H and O–H groups in total. The summed E-state index contributed by atoms with van der Waals surface area (Å²) in [5, 5.41) is 64.5. The summed E-state index contributed by atoms with van der Waals surface area (Å²) in [6.07, 6.45) is -11.8. The Bertz CT molecular complexity index is 579. The maximum Gasteiger partial charge on any atom is 0.217 e. The second-order valence-electron chi connectivity index (χ2n) is 7.00. The van der Waals surface area contributed by atoms with Crippen LogP contribution >= 0.6 is 0 Å². The molecule has 0 radical (unpaired) electrons. The third-order valence-corrected chi connectivity index (χ3v) is 4.78. The Morgan fingerprint density at radius 2 is 1.34 bits per heavy atom. The Hall–Kier alpha value is -1.42. The van der Waals surface area contributed by atoms with Crippen LogP contribution in [0.1, 0.15) is 13.8 Å². The lowest BCUT2D eigenvalue weighted by molar-refractivity contribution is -0.323. The monoisotopic (exact) mass is 424 g/mol. The van der Waals surface area contributed by atoms with Crippen molar-refractivity contribution in [3.05, 3.63) is 0 Å². The Balaban J connectivity index is 2.31. The average molecular weight is 424 g/mol. The summed E-state index contributed by atoms with van der Waals surface area (Å²) in [5.41, 5.74) is 0. The minimum atomic E-state index is -1.66. The molecule has 0 unspecified atom stereocenters. The minimum absolute atomic E-state index is 0.576. The predicted molar refractivity (Wildman–Crippen MR) is 91.8 cm³/mol. The van der Waals surface area contributed by atoms with Crippen molar-refractivity contribution in [2.24, 2.45) is 0 Å². The SMILES string of the molecule is CC(=O)N[C@@H]1[C@@H](O[C@@H]2O[C@H](CO)[C@@H](O)[C@@H](O)[C@H]2NC(C)=O)[C@H](O)[C@@H](CO)O[C@@H]1O. The van der Waals surface area contributed by atoms with E-state index in [0.717, 1.165) is 13.8 Å². The first kappa shape index (κ1) is 23.9. The third-order valence-electron chi connectivity index (χ3n) is 4.78. The van der Waals surface area contributed by atoms with Gasteiger partial charge in [-0.3, -0.25) is 9.59 Å². The van der Waals surface area contributed by atoms with Gasteiger partial charge in [0.05, 0.1) is 13.2 Å². The van der Waals surface area contributed by atoms with Crippen LogP contribution in [0.15, 0.2) is 0 Å². The summed E-state index contributed by atoms with van der Waals surface area (Å²) < 4.78 is 16.2.